The van der Waals surface area contributed by atoms with Crippen molar-refractivity contribution in [2.75, 3.05) is 19.8 Å². The van der Waals surface area contributed by atoms with Gasteiger partial charge < -0.3 is 14.8 Å². The average Bonchev–Trinajstić information content (AvgIpc) is 2.74. The molecule has 1 rings (SSSR count). The van der Waals surface area contributed by atoms with Crippen LogP contribution in [0, 0.1) is 0 Å². The predicted molar refractivity (Wildman–Crippen MR) is 80.2 cm³/mol. The van der Waals surface area contributed by atoms with E-state index in [1.165, 1.54) is 9.35 Å². The zero-order valence-electron chi connectivity index (χ0n) is 11.2. The maximum atomic E-state index is 5.69. The molecular weight excluding hydrogens is 314 g/mol. The lowest BCUT2D eigenvalue weighted by atomic mass is 10.1. The van der Waals surface area contributed by atoms with Gasteiger partial charge in [-0.3, -0.25) is 0 Å². The van der Waals surface area contributed by atoms with Gasteiger partial charge in [-0.25, -0.2) is 0 Å². The molecule has 3 nitrogen and oxygen atoms in total. The number of nitrogens with one attached hydrogen (secondary N) is 1. The average molecular weight is 336 g/mol. The molecule has 0 aliphatic rings. The zero-order valence-corrected chi connectivity index (χ0v) is 13.6. The highest BCUT2D eigenvalue weighted by atomic mass is 79.9. The highest BCUT2D eigenvalue weighted by Crippen LogP contribution is 2.25. The molecule has 0 radical (unpaired) electrons. The van der Waals surface area contributed by atoms with E-state index < -0.39 is 0 Å². The van der Waals surface area contributed by atoms with Gasteiger partial charge in [0.15, 0.2) is 6.29 Å². The molecule has 0 amide bonds. The van der Waals surface area contributed by atoms with Crippen molar-refractivity contribution in [2.24, 2.45) is 0 Å². The van der Waals surface area contributed by atoms with E-state index in [2.05, 4.69) is 39.6 Å². The molecule has 1 N–H and O–H groups in total. The number of hydrogen-bond acceptors (Lipinski definition) is 4. The SMILES string of the molecule is CCNC(Cc1sccc1Br)C(OCC)OCC. The molecule has 1 heterocycles. The molecule has 0 aliphatic carbocycles. The van der Waals surface area contributed by atoms with Gasteiger partial charge in [-0.2, -0.15) is 0 Å². The quantitative estimate of drug-likeness (QED) is 0.701. The van der Waals surface area contributed by atoms with Gasteiger partial charge in [0.05, 0.1) is 6.04 Å². The van der Waals surface area contributed by atoms with Crippen LogP contribution < -0.4 is 5.32 Å². The molecule has 18 heavy (non-hydrogen) atoms. The van der Waals surface area contributed by atoms with Crippen molar-refractivity contribution >= 4 is 27.3 Å². The van der Waals surface area contributed by atoms with Crippen LogP contribution >= 0.6 is 27.3 Å². The molecule has 1 unspecified atom stereocenters. The summed E-state index contributed by atoms with van der Waals surface area (Å²) in [4.78, 5) is 1.32. The van der Waals surface area contributed by atoms with Gasteiger partial charge in [0.25, 0.3) is 0 Å². The molecule has 0 saturated carbocycles. The fourth-order valence-electron chi connectivity index (χ4n) is 1.81. The minimum Gasteiger partial charge on any atom is -0.351 e. The minimum absolute atomic E-state index is 0.185. The van der Waals surface area contributed by atoms with Crippen molar-refractivity contribution in [2.45, 2.75) is 39.5 Å². The fraction of sp³-hybridized carbons (Fsp3) is 0.692. The summed E-state index contributed by atoms with van der Waals surface area (Å²) in [6.07, 6.45) is 0.727. The van der Waals surface area contributed by atoms with E-state index in [9.17, 15) is 0 Å². The molecule has 0 aromatic carbocycles. The minimum atomic E-state index is -0.186. The van der Waals surface area contributed by atoms with Gasteiger partial charge >= 0.3 is 0 Å². The molecule has 0 bridgehead atoms. The topological polar surface area (TPSA) is 30.5 Å². The van der Waals surface area contributed by atoms with Crippen LogP contribution in [0.3, 0.4) is 0 Å². The van der Waals surface area contributed by atoms with Crippen molar-refractivity contribution in [3.8, 4) is 0 Å². The lowest BCUT2D eigenvalue weighted by molar-refractivity contribution is -0.153. The summed E-state index contributed by atoms with van der Waals surface area (Å²) in [5.74, 6) is 0. The lowest BCUT2D eigenvalue weighted by Crippen LogP contribution is -2.44. The van der Waals surface area contributed by atoms with E-state index in [0.29, 0.717) is 13.2 Å². The van der Waals surface area contributed by atoms with Gasteiger partial charge in [0.1, 0.15) is 0 Å². The number of likely N-dealkylation sites (N-methyl/N-ethyl adjacent to an activating group) is 1. The first-order chi connectivity index (χ1) is 8.72. The molecule has 0 saturated heterocycles. The first kappa shape index (κ1) is 16.1. The fourth-order valence-corrected chi connectivity index (χ4v) is 3.38. The van der Waals surface area contributed by atoms with Crippen LogP contribution in [0.25, 0.3) is 0 Å². The lowest BCUT2D eigenvalue weighted by Gasteiger charge is -2.27. The van der Waals surface area contributed by atoms with Gasteiger partial charge in [0, 0.05) is 29.0 Å². The molecule has 5 heteroatoms. The summed E-state index contributed by atoms with van der Waals surface area (Å²) in [7, 11) is 0. The smallest absolute Gasteiger partial charge is 0.173 e. The third-order valence-corrected chi connectivity index (χ3v) is 4.50. The Morgan fingerprint density at radius 1 is 1.28 bits per heavy atom. The summed E-state index contributed by atoms with van der Waals surface area (Å²) >= 11 is 5.33. The first-order valence-corrected chi connectivity index (χ1v) is 8.08. The highest BCUT2D eigenvalue weighted by Gasteiger charge is 2.23. The van der Waals surface area contributed by atoms with E-state index in [4.69, 9.17) is 9.47 Å². The van der Waals surface area contributed by atoms with Gasteiger partial charge in [-0.1, -0.05) is 6.92 Å². The summed E-state index contributed by atoms with van der Waals surface area (Å²) in [5.41, 5.74) is 0. The van der Waals surface area contributed by atoms with E-state index in [-0.39, 0.29) is 12.3 Å². The number of halogens is 1. The molecular formula is C13H22BrNO2S. The van der Waals surface area contributed by atoms with Gasteiger partial charge in [-0.05, 0) is 47.8 Å². The number of hydrogen-bond donors (Lipinski definition) is 1. The van der Waals surface area contributed by atoms with Crippen LogP contribution in [-0.2, 0) is 15.9 Å². The van der Waals surface area contributed by atoms with Crippen LogP contribution in [-0.4, -0.2) is 32.1 Å². The Labute approximate surface area is 122 Å². The Bertz CT molecular complexity index is 327. The largest absolute Gasteiger partial charge is 0.351 e. The third kappa shape index (κ3) is 4.97. The van der Waals surface area contributed by atoms with Gasteiger partial charge in [0.2, 0.25) is 0 Å². The number of thiophene rings is 1. The Morgan fingerprint density at radius 2 is 1.94 bits per heavy atom. The van der Waals surface area contributed by atoms with Crippen LogP contribution in [0.2, 0.25) is 0 Å². The van der Waals surface area contributed by atoms with Crippen molar-refractivity contribution in [1.29, 1.82) is 0 Å². The second-order valence-corrected chi connectivity index (χ2v) is 5.69. The summed E-state index contributed by atoms with van der Waals surface area (Å²) in [5, 5.41) is 5.55. The Kier molecular flexibility index (Phi) is 8.10. The number of ether oxygens (including phenoxy) is 2. The van der Waals surface area contributed by atoms with Crippen molar-refractivity contribution in [3.05, 3.63) is 20.8 Å². The predicted octanol–water partition coefficient (Wildman–Crippen LogP) is 3.43. The van der Waals surface area contributed by atoms with E-state index in [1.54, 1.807) is 11.3 Å². The van der Waals surface area contributed by atoms with Crippen LogP contribution in [0.5, 0.6) is 0 Å². The van der Waals surface area contributed by atoms with Crippen LogP contribution in [0.4, 0.5) is 0 Å². The molecule has 0 aliphatic heterocycles. The third-order valence-electron chi connectivity index (χ3n) is 2.55. The molecule has 1 aromatic rings. The second-order valence-electron chi connectivity index (χ2n) is 3.84. The van der Waals surface area contributed by atoms with E-state index in [0.717, 1.165) is 13.0 Å². The first-order valence-electron chi connectivity index (χ1n) is 6.41. The van der Waals surface area contributed by atoms with Crippen LogP contribution in [0.15, 0.2) is 15.9 Å². The molecule has 0 spiro atoms. The van der Waals surface area contributed by atoms with Crippen molar-refractivity contribution in [3.63, 3.8) is 0 Å². The summed E-state index contributed by atoms with van der Waals surface area (Å²) < 4.78 is 12.5. The second kappa shape index (κ2) is 9.04. The maximum absolute atomic E-state index is 5.69. The van der Waals surface area contributed by atoms with E-state index >= 15 is 0 Å². The Balaban J connectivity index is 2.69. The summed E-state index contributed by atoms with van der Waals surface area (Å²) in [6.45, 7) is 8.33. The Hall–Kier alpha value is 0.0600. The van der Waals surface area contributed by atoms with Crippen molar-refractivity contribution < 1.29 is 9.47 Å². The van der Waals surface area contributed by atoms with Crippen LogP contribution in [0.1, 0.15) is 25.6 Å². The summed E-state index contributed by atoms with van der Waals surface area (Å²) in [6, 6.07) is 2.27. The van der Waals surface area contributed by atoms with E-state index in [1.807, 2.05) is 13.8 Å². The monoisotopic (exact) mass is 335 g/mol. The maximum Gasteiger partial charge on any atom is 0.173 e. The van der Waals surface area contributed by atoms with Crippen molar-refractivity contribution in [1.82, 2.24) is 5.32 Å². The molecule has 104 valence electrons. The number of rotatable bonds is 9. The normalized spacial score (nSPS) is 13.2. The highest BCUT2D eigenvalue weighted by molar-refractivity contribution is 9.10. The zero-order chi connectivity index (χ0) is 13.4. The molecule has 1 aromatic heterocycles. The Morgan fingerprint density at radius 3 is 2.39 bits per heavy atom. The standard InChI is InChI=1S/C13H22BrNO2S/c1-4-15-11(13(16-5-2)17-6-3)9-12-10(14)7-8-18-12/h7-8,11,13,15H,4-6,9H2,1-3H3. The molecule has 0 fully saturated rings. The van der Waals surface area contributed by atoms with Gasteiger partial charge in [-0.15, -0.1) is 11.3 Å². The molecule has 1 atom stereocenters.